The zero-order valence-corrected chi connectivity index (χ0v) is 23.1. The Morgan fingerprint density at radius 1 is 1.05 bits per heavy atom. The van der Waals surface area contributed by atoms with E-state index in [0.717, 1.165) is 28.8 Å². The summed E-state index contributed by atoms with van der Waals surface area (Å²) in [5, 5.41) is 17.3. The van der Waals surface area contributed by atoms with Crippen molar-refractivity contribution in [3.63, 3.8) is 0 Å². The number of anilines is 3. The Labute approximate surface area is 236 Å². The summed E-state index contributed by atoms with van der Waals surface area (Å²) in [5.74, 6) is 1.90. The number of aryl methyl sites for hydroxylation is 2. The zero-order chi connectivity index (χ0) is 28.7. The van der Waals surface area contributed by atoms with Crippen LogP contribution in [0.1, 0.15) is 42.6 Å². The van der Waals surface area contributed by atoms with Crippen LogP contribution >= 0.6 is 0 Å². The van der Waals surface area contributed by atoms with Crippen LogP contribution in [0.2, 0.25) is 0 Å². The van der Waals surface area contributed by atoms with Gasteiger partial charge >= 0.3 is 0 Å². The van der Waals surface area contributed by atoms with Crippen molar-refractivity contribution in [1.82, 2.24) is 40.2 Å². The normalized spacial score (nSPS) is 17.6. The molecule has 0 unspecified atom stereocenters. The van der Waals surface area contributed by atoms with Crippen LogP contribution in [0.4, 0.5) is 21.8 Å². The monoisotopic (exact) mass is 558 g/mol. The van der Waals surface area contributed by atoms with Crippen molar-refractivity contribution in [2.24, 2.45) is 0 Å². The lowest BCUT2D eigenvalue weighted by Crippen LogP contribution is -2.69. The summed E-state index contributed by atoms with van der Waals surface area (Å²) < 4.78 is 14.7. The number of carbonyl (C=O) groups is 2. The molecule has 0 aliphatic carbocycles. The molecule has 1 spiro atoms. The predicted molar refractivity (Wildman–Crippen MR) is 149 cm³/mol. The minimum atomic E-state index is -0.975. The Bertz CT molecular complexity index is 1590. The molecule has 1 atom stereocenters. The molecule has 2 amide bonds. The summed E-state index contributed by atoms with van der Waals surface area (Å²) in [6.07, 6.45) is 4.90. The minimum Gasteiger partial charge on any atom is -0.356 e. The summed E-state index contributed by atoms with van der Waals surface area (Å²) in [6.45, 7) is 6.91. The van der Waals surface area contributed by atoms with Crippen molar-refractivity contribution in [2.45, 2.75) is 45.2 Å². The van der Waals surface area contributed by atoms with E-state index in [9.17, 15) is 14.0 Å². The van der Waals surface area contributed by atoms with E-state index >= 15 is 0 Å². The standard InChI is InChI=1S/C28H31FN10O2/c1-17-10-22(32-23-12-18(2)35-36-23)33-25(11-17)37-8-6-28(7-9-37)27(41)38(16-26(40)34-28)19(3)20-4-5-24(30-13-20)39-15-21(29)14-31-39/h4-5,10-15,19H,6-9,16H2,1-3H3,(H,34,40)(H2,32,33,35,36)/t19-/m0/s1. The third-order valence-electron chi connectivity index (χ3n) is 7.73. The topological polar surface area (TPSA) is 137 Å². The van der Waals surface area contributed by atoms with Gasteiger partial charge in [0.25, 0.3) is 0 Å². The first-order chi connectivity index (χ1) is 19.7. The number of nitrogens with zero attached hydrogens (tertiary/aromatic N) is 7. The maximum Gasteiger partial charge on any atom is 0.249 e. The van der Waals surface area contributed by atoms with Crippen molar-refractivity contribution < 1.29 is 14.0 Å². The zero-order valence-electron chi connectivity index (χ0n) is 23.1. The van der Waals surface area contributed by atoms with Crippen molar-refractivity contribution in [3.05, 3.63) is 71.6 Å². The van der Waals surface area contributed by atoms with E-state index in [1.165, 1.54) is 10.9 Å². The molecular weight excluding hydrogens is 527 g/mol. The second-order valence-electron chi connectivity index (χ2n) is 10.7. The highest BCUT2D eigenvalue weighted by atomic mass is 19.1. The van der Waals surface area contributed by atoms with E-state index in [-0.39, 0.29) is 24.4 Å². The van der Waals surface area contributed by atoms with E-state index in [2.05, 4.69) is 35.8 Å². The van der Waals surface area contributed by atoms with Gasteiger partial charge in [-0.25, -0.2) is 19.0 Å². The SMILES string of the molecule is Cc1cc(Nc2cc(C)[nH]n2)nc(N2CCC3(CC2)NC(=O)CN([C@@H](C)c2ccc(-n4cc(F)cn4)nc2)C3=O)c1. The molecule has 2 fully saturated rings. The van der Waals surface area contributed by atoms with Gasteiger partial charge < -0.3 is 20.4 Å². The highest BCUT2D eigenvalue weighted by Gasteiger charge is 2.49. The van der Waals surface area contributed by atoms with Crippen molar-refractivity contribution in [2.75, 3.05) is 29.9 Å². The molecule has 13 heteroatoms. The number of rotatable bonds is 6. The summed E-state index contributed by atoms with van der Waals surface area (Å²) in [6, 6.07) is 9.04. The minimum absolute atomic E-state index is 0.0291. The Morgan fingerprint density at radius 2 is 1.85 bits per heavy atom. The number of pyridine rings is 2. The highest BCUT2D eigenvalue weighted by Crippen LogP contribution is 2.34. The maximum atomic E-state index is 13.9. The molecule has 0 saturated carbocycles. The van der Waals surface area contributed by atoms with Gasteiger partial charge in [-0.05, 0) is 62.9 Å². The van der Waals surface area contributed by atoms with Crippen molar-refractivity contribution in [1.29, 1.82) is 0 Å². The van der Waals surface area contributed by atoms with Gasteiger partial charge in [-0.3, -0.25) is 14.7 Å². The van der Waals surface area contributed by atoms with E-state index < -0.39 is 11.4 Å². The van der Waals surface area contributed by atoms with Crippen LogP contribution in [0.3, 0.4) is 0 Å². The predicted octanol–water partition coefficient (Wildman–Crippen LogP) is 2.94. The number of piperazine rings is 1. The van der Waals surface area contributed by atoms with E-state index in [4.69, 9.17) is 4.98 Å². The van der Waals surface area contributed by atoms with Crippen molar-refractivity contribution in [3.8, 4) is 5.82 Å². The number of nitrogens with one attached hydrogen (secondary N) is 3. The number of carbonyl (C=O) groups excluding carboxylic acids is 2. The molecule has 41 heavy (non-hydrogen) atoms. The summed E-state index contributed by atoms with van der Waals surface area (Å²) in [7, 11) is 0. The highest BCUT2D eigenvalue weighted by molar-refractivity contribution is 5.98. The number of amides is 2. The average molecular weight is 559 g/mol. The lowest BCUT2D eigenvalue weighted by Gasteiger charge is -2.48. The van der Waals surface area contributed by atoms with Gasteiger partial charge in [0.2, 0.25) is 11.8 Å². The van der Waals surface area contributed by atoms with Gasteiger partial charge in [-0.1, -0.05) is 6.07 Å². The molecule has 0 aromatic carbocycles. The summed E-state index contributed by atoms with van der Waals surface area (Å²) >= 11 is 0. The average Bonchev–Trinajstić information content (AvgIpc) is 3.58. The third kappa shape index (κ3) is 5.22. The lowest BCUT2D eigenvalue weighted by molar-refractivity contribution is -0.153. The van der Waals surface area contributed by atoms with Gasteiger partial charge in [0, 0.05) is 31.0 Å². The van der Waals surface area contributed by atoms with Gasteiger partial charge in [0.05, 0.1) is 18.4 Å². The fourth-order valence-corrected chi connectivity index (χ4v) is 5.50. The van der Waals surface area contributed by atoms with Crippen LogP contribution in [-0.2, 0) is 9.59 Å². The first-order valence-electron chi connectivity index (χ1n) is 13.5. The van der Waals surface area contributed by atoms with Crippen LogP contribution in [0, 0.1) is 19.7 Å². The molecule has 0 bridgehead atoms. The molecule has 2 aliphatic rings. The van der Waals surface area contributed by atoms with E-state index in [0.29, 0.717) is 43.4 Å². The molecule has 4 aromatic rings. The number of halogens is 1. The lowest BCUT2D eigenvalue weighted by atomic mass is 9.83. The number of H-pyrrole nitrogens is 1. The van der Waals surface area contributed by atoms with Crippen LogP contribution < -0.4 is 15.5 Å². The van der Waals surface area contributed by atoms with Gasteiger partial charge in [-0.15, -0.1) is 0 Å². The first-order valence-corrected chi connectivity index (χ1v) is 13.5. The Morgan fingerprint density at radius 3 is 2.51 bits per heavy atom. The molecular formula is C28H31FN10O2. The van der Waals surface area contributed by atoms with Gasteiger partial charge in [-0.2, -0.15) is 10.2 Å². The Balaban J connectivity index is 1.16. The Kier molecular flexibility index (Phi) is 6.64. The molecule has 12 nitrogen and oxygen atoms in total. The maximum absolute atomic E-state index is 13.9. The van der Waals surface area contributed by atoms with Crippen LogP contribution in [0.5, 0.6) is 0 Å². The number of hydrogen-bond acceptors (Lipinski definition) is 8. The number of aromatic amines is 1. The molecule has 2 aliphatic heterocycles. The van der Waals surface area contributed by atoms with Crippen LogP contribution in [-0.4, -0.2) is 71.8 Å². The number of hydrogen-bond donors (Lipinski definition) is 3. The van der Waals surface area contributed by atoms with E-state index in [1.54, 1.807) is 17.2 Å². The fraction of sp³-hybridized carbons (Fsp3) is 0.357. The molecule has 3 N–H and O–H groups in total. The fourth-order valence-electron chi connectivity index (χ4n) is 5.50. The second kappa shape index (κ2) is 10.3. The third-order valence-corrected chi connectivity index (χ3v) is 7.73. The molecule has 0 radical (unpaired) electrons. The number of aromatic nitrogens is 6. The smallest absolute Gasteiger partial charge is 0.249 e. The second-order valence-corrected chi connectivity index (χ2v) is 10.7. The summed E-state index contributed by atoms with van der Waals surface area (Å²) in [4.78, 5) is 39.7. The van der Waals surface area contributed by atoms with Gasteiger partial charge in [0.1, 0.15) is 23.7 Å². The Hall–Kier alpha value is -4.81. The molecule has 6 rings (SSSR count). The largest absolute Gasteiger partial charge is 0.356 e. The van der Waals surface area contributed by atoms with Gasteiger partial charge in [0.15, 0.2) is 17.5 Å². The quantitative estimate of drug-likeness (QED) is 0.329. The van der Waals surface area contributed by atoms with Crippen LogP contribution in [0.15, 0.2) is 48.9 Å². The number of piperidine rings is 1. The van der Waals surface area contributed by atoms with E-state index in [1.807, 2.05) is 45.0 Å². The summed E-state index contributed by atoms with van der Waals surface area (Å²) in [5.41, 5.74) is 1.79. The van der Waals surface area contributed by atoms with Crippen molar-refractivity contribution >= 4 is 29.3 Å². The van der Waals surface area contributed by atoms with Crippen LogP contribution in [0.25, 0.3) is 5.82 Å². The molecule has 4 aromatic heterocycles. The molecule has 212 valence electrons. The molecule has 6 heterocycles. The molecule has 2 saturated heterocycles. The first kappa shape index (κ1) is 26.4.